The number of rotatable bonds is 8. The summed E-state index contributed by atoms with van der Waals surface area (Å²) in [5, 5.41) is 12.6. The molecule has 1 amide bonds. The van der Waals surface area contributed by atoms with E-state index in [-0.39, 0.29) is 24.0 Å². The zero-order chi connectivity index (χ0) is 24.2. The van der Waals surface area contributed by atoms with Gasteiger partial charge in [0.1, 0.15) is 23.3 Å². The molecular formula is C26H34N2O6. The summed E-state index contributed by atoms with van der Waals surface area (Å²) in [5.74, 6) is 0.148. The first-order chi connectivity index (χ1) is 16.4. The molecule has 2 fully saturated rings. The number of aliphatic carboxylic acids is 1. The van der Waals surface area contributed by atoms with E-state index in [0.717, 1.165) is 49.1 Å². The Morgan fingerprint density at radius 2 is 1.91 bits per heavy atom. The Balaban J connectivity index is 1.46. The smallest absolute Gasteiger partial charge is 0.307 e. The van der Waals surface area contributed by atoms with Crippen LogP contribution < -0.4 is 10.1 Å². The normalized spacial score (nSPS) is 25.6. The van der Waals surface area contributed by atoms with Crippen LogP contribution >= 0.6 is 0 Å². The van der Waals surface area contributed by atoms with Gasteiger partial charge in [0.05, 0.1) is 18.9 Å². The van der Waals surface area contributed by atoms with Crippen molar-refractivity contribution in [1.29, 1.82) is 0 Å². The van der Waals surface area contributed by atoms with Gasteiger partial charge in [0.15, 0.2) is 0 Å². The molecule has 2 aliphatic carbocycles. The molecule has 2 aromatic rings. The number of carbonyl (C=O) groups excluding carboxylic acids is 1. The summed E-state index contributed by atoms with van der Waals surface area (Å²) in [6.45, 7) is 1.90. The Labute approximate surface area is 200 Å². The number of hydrogen-bond acceptors (Lipinski definition) is 6. The van der Waals surface area contributed by atoms with Gasteiger partial charge in [-0.25, -0.2) is 4.98 Å². The largest absolute Gasteiger partial charge is 0.497 e. The number of oxazole rings is 1. The Hall–Kier alpha value is -2.87. The molecule has 0 aliphatic heterocycles. The molecule has 4 rings (SSSR count). The van der Waals surface area contributed by atoms with E-state index in [4.69, 9.17) is 18.9 Å². The van der Waals surface area contributed by atoms with Crippen molar-refractivity contribution >= 4 is 11.9 Å². The molecule has 5 unspecified atom stereocenters. The van der Waals surface area contributed by atoms with Gasteiger partial charge in [-0.05, 0) is 63.1 Å². The first-order valence-corrected chi connectivity index (χ1v) is 12.1. The molecular weight excluding hydrogens is 436 g/mol. The summed E-state index contributed by atoms with van der Waals surface area (Å²) < 4.78 is 17.2. The lowest BCUT2D eigenvalue weighted by atomic mass is 9.80. The van der Waals surface area contributed by atoms with E-state index < -0.39 is 17.8 Å². The lowest BCUT2D eigenvalue weighted by molar-refractivity contribution is -0.146. The minimum Gasteiger partial charge on any atom is -0.497 e. The van der Waals surface area contributed by atoms with Crippen molar-refractivity contribution in [1.82, 2.24) is 10.3 Å². The Kier molecular flexibility index (Phi) is 7.56. The third kappa shape index (κ3) is 5.12. The number of nitrogens with zero attached hydrogens (tertiary/aromatic N) is 1. The maximum Gasteiger partial charge on any atom is 0.307 e. The second kappa shape index (κ2) is 10.6. The number of aryl methyl sites for hydroxylation is 1. The molecule has 0 bridgehead atoms. The number of carboxylic acids is 1. The highest BCUT2D eigenvalue weighted by Gasteiger charge is 2.39. The highest BCUT2D eigenvalue weighted by atomic mass is 16.5. The third-order valence-corrected chi connectivity index (χ3v) is 7.33. The van der Waals surface area contributed by atoms with E-state index in [0.29, 0.717) is 24.5 Å². The van der Waals surface area contributed by atoms with E-state index in [1.165, 1.54) is 0 Å². The number of carbonyl (C=O) groups is 2. The predicted molar refractivity (Wildman–Crippen MR) is 125 cm³/mol. The highest BCUT2D eigenvalue weighted by molar-refractivity contribution is 5.85. The zero-order valence-electron chi connectivity index (χ0n) is 20.1. The second-order valence-corrected chi connectivity index (χ2v) is 9.46. The van der Waals surface area contributed by atoms with Gasteiger partial charge >= 0.3 is 5.97 Å². The van der Waals surface area contributed by atoms with Gasteiger partial charge in [0, 0.05) is 18.7 Å². The number of amides is 1. The van der Waals surface area contributed by atoms with Crippen molar-refractivity contribution in [2.24, 2.45) is 17.8 Å². The van der Waals surface area contributed by atoms with Crippen LogP contribution in [0.5, 0.6) is 5.75 Å². The molecule has 34 heavy (non-hydrogen) atoms. The molecule has 0 saturated heterocycles. The first kappa shape index (κ1) is 24.3. The number of aromatic nitrogens is 1. The van der Waals surface area contributed by atoms with Crippen LogP contribution in [0.2, 0.25) is 0 Å². The number of hydrogen-bond donors (Lipinski definition) is 2. The van der Waals surface area contributed by atoms with E-state index >= 15 is 0 Å². The summed E-state index contributed by atoms with van der Waals surface area (Å²) >= 11 is 0. The minimum absolute atomic E-state index is 0.00371. The fourth-order valence-corrected chi connectivity index (χ4v) is 5.59. The zero-order valence-corrected chi connectivity index (χ0v) is 20.1. The van der Waals surface area contributed by atoms with Crippen molar-refractivity contribution in [2.75, 3.05) is 14.2 Å². The Morgan fingerprint density at radius 3 is 2.65 bits per heavy atom. The van der Waals surface area contributed by atoms with E-state index in [1.807, 2.05) is 31.2 Å². The SMILES string of the molecule is COc1cccc(-c2nc(C(OC)C3CCCC(NC(=O)C4CCCC4C(=O)O)C3)c(C)o2)c1. The number of ether oxygens (including phenoxy) is 2. The molecule has 1 heterocycles. The minimum atomic E-state index is -0.869. The van der Waals surface area contributed by atoms with Gasteiger partial charge in [-0.2, -0.15) is 0 Å². The molecule has 8 heteroatoms. The molecule has 0 radical (unpaired) electrons. The fourth-order valence-electron chi connectivity index (χ4n) is 5.59. The van der Waals surface area contributed by atoms with E-state index in [2.05, 4.69) is 5.32 Å². The number of carboxylic acid groups (broad SMARTS) is 1. The maximum absolute atomic E-state index is 12.9. The Morgan fingerprint density at radius 1 is 1.15 bits per heavy atom. The van der Waals surface area contributed by atoms with Crippen LogP contribution in [0.15, 0.2) is 28.7 Å². The van der Waals surface area contributed by atoms with Crippen molar-refractivity contribution in [3.63, 3.8) is 0 Å². The molecule has 5 atom stereocenters. The fraction of sp³-hybridized carbons (Fsp3) is 0.577. The van der Waals surface area contributed by atoms with Crippen LogP contribution in [0, 0.1) is 24.7 Å². The number of nitrogens with one attached hydrogen (secondary N) is 1. The summed E-state index contributed by atoms with van der Waals surface area (Å²) in [6, 6.07) is 7.59. The molecule has 8 nitrogen and oxygen atoms in total. The van der Waals surface area contributed by atoms with E-state index in [9.17, 15) is 14.7 Å². The van der Waals surface area contributed by atoms with Crippen molar-refractivity contribution in [3.8, 4) is 17.2 Å². The van der Waals surface area contributed by atoms with Gasteiger partial charge in [0.25, 0.3) is 0 Å². The summed E-state index contributed by atoms with van der Waals surface area (Å²) in [4.78, 5) is 29.1. The van der Waals surface area contributed by atoms with Crippen molar-refractivity contribution < 1.29 is 28.6 Å². The van der Waals surface area contributed by atoms with Gasteiger partial charge in [0.2, 0.25) is 11.8 Å². The van der Waals surface area contributed by atoms with Crippen molar-refractivity contribution in [2.45, 2.75) is 64.0 Å². The Bertz CT molecular complexity index is 1020. The summed E-state index contributed by atoms with van der Waals surface area (Å²) in [6.07, 6.45) is 5.33. The van der Waals surface area contributed by atoms with Gasteiger partial charge in [-0.1, -0.05) is 18.9 Å². The van der Waals surface area contributed by atoms with Crippen LogP contribution in [0.1, 0.15) is 62.5 Å². The molecule has 1 aromatic carbocycles. The standard InChI is InChI=1S/C26H34N2O6/c1-15-22(28-25(34-15)17-8-5-10-19(14-17)32-2)23(33-3)16-7-4-9-18(13-16)27-24(29)20-11-6-12-21(20)26(30)31/h5,8,10,14,16,18,20-21,23H,4,6-7,9,11-13H2,1-3H3,(H,27,29)(H,30,31). The molecule has 0 spiro atoms. The molecule has 2 aliphatic rings. The first-order valence-electron chi connectivity index (χ1n) is 12.1. The topological polar surface area (TPSA) is 111 Å². The van der Waals surface area contributed by atoms with Crippen LogP contribution in [0.25, 0.3) is 11.5 Å². The van der Waals surface area contributed by atoms with Crippen LogP contribution in [0.4, 0.5) is 0 Å². The number of benzene rings is 1. The van der Waals surface area contributed by atoms with Crippen molar-refractivity contribution in [3.05, 3.63) is 35.7 Å². The monoisotopic (exact) mass is 470 g/mol. The highest BCUT2D eigenvalue weighted by Crippen LogP contribution is 2.39. The van der Waals surface area contributed by atoms with Crippen LogP contribution in [0.3, 0.4) is 0 Å². The molecule has 2 N–H and O–H groups in total. The van der Waals surface area contributed by atoms with Gasteiger partial charge in [-0.3, -0.25) is 9.59 Å². The van der Waals surface area contributed by atoms with Gasteiger partial charge < -0.3 is 24.3 Å². The second-order valence-electron chi connectivity index (χ2n) is 9.46. The predicted octanol–water partition coefficient (Wildman–Crippen LogP) is 4.52. The van der Waals surface area contributed by atoms with Gasteiger partial charge in [-0.15, -0.1) is 0 Å². The lowest BCUT2D eigenvalue weighted by Crippen LogP contribution is -2.44. The van der Waals surface area contributed by atoms with Crippen LogP contribution in [-0.4, -0.2) is 42.2 Å². The number of methoxy groups -OCH3 is 2. The summed E-state index contributed by atoms with van der Waals surface area (Å²) in [7, 11) is 3.31. The van der Waals surface area contributed by atoms with E-state index in [1.54, 1.807) is 14.2 Å². The lowest BCUT2D eigenvalue weighted by Gasteiger charge is -2.34. The summed E-state index contributed by atoms with van der Waals surface area (Å²) in [5.41, 5.74) is 1.61. The molecule has 184 valence electrons. The maximum atomic E-state index is 12.9. The molecule has 2 saturated carbocycles. The average Bonchev–Trinajstić information content (AvgIpc) is 3.48. The quantitative estimate of drug-likeness (QED) is 0.583. The van der Waals surface area contributed by atoms with Crippen LogP contribution in [-0.2, 0) is 14.3 Å². The average molecular weight is 471 g/mol. The molecule has 1 aromatic heterocycles. The third-order valence-electron chi connectivity index (χ3n) is 7.33.